The van der Waals surface area contributed by atoms with E-state index in [4.69, 9.17) is 0 Å². The number of aliphatic hydroxyl groups is 1. The Morgan fingerprint density at radius 2 is 1.90 bits per heavy atom. The van der Waals surface area contributed by atoms with Gasteiger partial charge in [-0.3, -0.25) is 0 Å². The van der Waals surface area contributed by atoms with E-state index < -0.39 is 0 Å². The molecule has 0 aliphatic heterocycles. The summed E-state index contributed by atoms with van der Waals surface area (Å²) in [6, 6.07) is 6.56. The maximum absolute atomic E-state index is 13.0. The largest absolute Gasteiger partial charge is 0.393 e. The molecular weight excluding hydrogens is 253 g/mol. The Morgan fingerprint density at radius 3 is 2.50 bits per heavy atom. The minimum Gasteiger partial charge on any atom is -0.393 e. The molecule has 1 saturated carbocycles. The topological polar surface area (TPSA) is 23.5 Å². The van der Waals surface area contributed by atoms with Gasteiger partial charge in [-0.2, -0.15) is 0 Å². The number of halogens is 1. The average molecular weight is 279 g/mol. The predicted octanol–water partition coefficient (Wildman–Crippen LogP) is 3.70. The Balaban J connectivity index is 1.98. The molecule has 1 aliphatic carbocycles. The van der Waals surface area contributed by atoms with Crippen LogP contribution in [0.3, 0.4) is 0 Å². The SMILES string of the molecule is CC(C)C1CCC(O)C(CN(C)c2ccc(F)cc2)C1. The second kappa shape index (κ2) is 6.57. The molecule has 3 atom stereocenters. The van der Waals surface area contributed by atoms with E-state index in [1.807, 2.05) is 7.05 Å². The molecule has 1 aromatic rings. The van der Waals surface area contributed by atoms with Crippen molar-refractivity contribution in [2.45, 2.75) is 39.2 Å². The first-order valence-electron chi connectivity index (χ1n) is 7.62. The molecule has 2 rings (SSSR count). The van der Waals surface area contributed by atoms with Gasteiger partial charge in [0, 0.05) is 25.2 Å². The highest BCUT2D eigenvalue weighted by atomic mass is 19.1. The minimum atomic E-state index is -0.209. The van der Waals surface area contributed by atoms with E-state index in [2.05, 4.69) is 18.7 Å². The third-order valence-electron chi connectivity index (χ3n) is 4.70. The number of hydrogen-bond acceptors (Lipinski definition) is 2. The molecule has 2 nitrogen and oxygen atoms in total. The minimum absolute atomic E-state index is 0.201. The van der Waals surface area contributed by atoms with Crippen LogP contribution in [0.2, 0.25) is 0 Å². The summed E-state index contributed by atoms with van der Waals surface area (Å²) in [5, 5.41) is 10.2. The molecule has 0 amide bonds. The van der Waals surface area contributed by atoms with Crippen molar-refractivity contribution in [1.82, 2.24) is 0 Å². The Labute approximate surface area is 121 Å². The molecule has 3 heteroatoms. The Morgan fingerprint density at radius 1 is 1.25 bits per heavy atom. The normalized spacial score (nSPS) is 26.8. The number of hydrogen-bond donors (Lipinski definition) is 1. The van der Waals surface area contributed by atoms with E-state index >= 15 is 0 Å². The van der Waals surface area contributed by atoms with Crippen LogP contribution in [-0.2, 0) is 0 Å². The molecule has 0 heterocycles. The van der Waals surface area contributed by atoms with Crippen LogP contribution >= 0.6 is 0 Å². The van der Waals surface area contributed by atoms with Gasteiger partial charge in [0.2, 0.25) is 0 Å². The second-order valence-corrected chi connectivity index (χ2v) is 6.50. The van der Waals surface area contributed by atoms with E-state index in [9.17, 15) is 9.50 Å². The smallest absolute Gasteiger partial charge is 0.123 e. The van der Waals surface area contributed by atoms with Crippen molar-refractivity contribution >= 4 is 5.69 Å². The van der Waals surface area contributed by atoms with Crippen molar-refractivity contribution < 1.29 is 9.50 Å². The van der Waals surface area contributed by atoms with Gasteiger partial charge < -0.3 is 10.0 Å². The third kappa shape index (κ3) is 3.72. The molecule has 0 spiro atoms. The average Bonchev–Trinajstić information content (AvgIpc) is 2.41. The van der Waals surface area contributed by atoms with Crippen LogP contribution in [0.15, 0.2) is 24.3 Å². The highest BCUT2D eigenvalue weighted by Gasteiger charge is 2.31. The summed E-state index contributed by atoms with van der Waals surface area (Å²) < 4.78 is 13.0. The summed E-state index contributed by atoms with van der Waals surface area (Å²) in [4.78, 5) is 2.12. The lowest BCUT2D eigenvalue weighted by Crippen LogP contribution is -2.38. The van der Waals surface area contributed by atoms with Crippen LogP contribution in [0.4, 0.5) is 10.1 Å². The summed E-state index contributed by atoms with van der Waals surface area (Å²) in [5.41, 5.74) is 1.00. The summed E-state index contributed by atoms with van der Waals surface area (Å²) in [7, 11) is 2.01. The van der Waals surface area contributed by atoms with Gasteiger partial charge in [0.05, 0.1) is 6.10 Å². The first-order valence-corrected chi connectivity index (χ1v) is 7.62. The van der Waals surface area contributed by atoms with E-state index in [1.54, 1.807) is 12.1 Å². The molecule has 20 heavy (non-hydrogen) atoms. The van der Waals surface area contributed by atoms with E-state index in [-0.39, 0.29) is 11.9 Å². The quantitative estimate of drug-likeness (QED) is 0.908. The van der Waals surface area contributed by atoms with Gasteiger partial charge in [-0.25, -0.2) is 4.39 Å². The molecule has 0 aromatic heterocycles. The zero-order valence-electron chi connectivity index (χ0n) is 12.7. The fourth-order valence-electron chi connectivity index (χ4n) is 3.24. The van der Waals surface area contributed by atoms with Crippen LogP contribution in [-0.4, -0.2) is 24.8 Å². The summed E-state index contributed by atoms with van der Waals surface area (Å²) in [6.07, 6.45) is 2.93. The standard InChI is InChI=1S/C17H26FNO/c1-12(2)13-4-9-17(20)14(10-13)11-19(3)16-7-5-15(18)6-8-16/h5-8,12-14,17,20H,4,9-11H2,1-3H3. The van der Waals surface area contributed by atoms with Crippen molar-refractivity contribution in [3.63, 3.8) is 0 Å². The number of nitrogens with zero attached hydrogens (tertiary/aromatic N) is 1. The molecule has 1 fully saturated rings. The van der Waals surface area contributed by atoms with Crippen LogP contribution in [0, 0.1) is 23.6 Å². The number of aliphatic hydroxyl groups excluding tert-OH is 1. The van der Waals surface area contributed by atoms with Gasteiger partial charge in [-0.05, 0) is 55.4 Å². The Hall–Kier alpha value is -1.09. The molecule has 1 N–H and O–H groups in total. The fourth-order valence-corrected chi connectivity index (χ4v) is 3.24. The lowest BCUT2D eigenvalue weighted by molar-refractivity contribution is 0.0414. The van der Waals surface area contributed by atoms with Crippen molar-refractivity contribution in [2.75, 3.05) is 18.5 Å². The number of benzene rings is 1. The van der Waals surface area contributed by atoms with Gasteiger partial charge in [0.15, 0.2) is 0 Å². The van der Waals surface area contributed by atoms with E-state index in [1.165, 1.54) is 12.1 Å². The van der Waals surface area contributed by atoms with Crippen LogP contribution in [0.25, 0.3) is 0 Å². The Kier molecular flexibility index (Phi) is 5.03. The van der Waals surface area contributed by atoms with Gasteiger partial charge >= 0.3 is 0 Å². The molecule has 0 saturated heterocycles. The van der Waals surface area contributed by atoms with Gasteiger partial charge in [0.1, 0.15) is 5.82 Å². The highest BCUT2D eigenvalue weighted by Crippen LogP contribution is 2.34. The van der Waals surface area contributed by atoms with Crippen LogP contribution < -0.4 is 4.90 Å². The lowest BCUT2D eigenvalue weighted by atomic mass is 9.74. The lowest BCUT2D eigenvalue weighted by Gasteiger charge is -2.37. The fraction of sp³-hybridized carbons (Fsp3) is 0.647. The van der Waals surface area contributed by atoms with E-state index in [0.29, 0.717) is 17.8 Å². The van der Waals surface area contributed by atoms with Crippen LogP contribution in [0.5, 0.6) is 0 Å². The van der Waals surface area contributed by atoms with Crippen molar-refractivity contribution in [2.24, 2.45) is 17.8 Å². The number of rotatable bonds is 4. The van der Waals surface area contributed by atoms with Crippen molar-refractivity contribution in [1.29, 1.82) is 0 Å². The molecule has 1 aliphatic rings. The van der Waals surface area contributed by atoms with Crippen molar-refractivity contribution in [3.8, 4) is 0 Å². The maximum atomic E-state index is 13.0. The summed E-state index contributed by atoms with van der Waals surface area (Å²) >= 11 is 0. The molecule has 3 unspecified atom stereocenters. The molecular formula is C17H26FNO. The van der Waals surface area contributed by atoms with Crippen molar-refractivity contribution in [3.05, 3.63) is 30.1 Å². The first kappa shape index (κ1) is 15.3. The zero-order chi connectivity index (χ0) is 14.7. The maximum Gasteiger partial charge on any atom is 0.123 e. The third-order valence-corrected chi connectivity index (χ3v) is 4.70. The predicted molar refractivity (Wildman–Crippen MR) is 81.3 cm³/mol. The summed E-state index contributed by atoms with van der Waals surface area (Å²) in [6.45, 7) is 5.36. The van der Waals surface area contributed by atoms with E-state index in [0.717, 1.165) is 31.5 Å². The monoisotopic (exact) mass is 279 g/mol. The highest BCUT2D eigenvalue weighted by molar-refractivity contribution is 5.45. The molecule has 1 aromatic carbocycles. The van der Waals surface area contributed by atoms with Crippen LogP contribution in [0.1, 0.15) is 33.1 Å². The molecule has 112 valence electrons. The zero-order valence-corrected chi connectivity index (χ0v) is 12.7. The number of anilines is 1. The van der Waals surface area contributed by atoms with Gasteiger partial charge in [-0.1, -0.05) is 13.8 Å². The second-order valence-electron chi connectivity index (χ2n) is 6.50. The van der Waals surface area contributed by atoms with Gasteiger partial charge in [0.25, 0.3) is 0 Å². The van der Waals surface area contributed by atoms with Gasteiger partial charge in [-0.15, -0.1) is 0 Å². The molecule has 0 radical (unpaired) electrons. The summed E-state index contributed by atoms with van der Waals surface area (Å²) in [5.74, 6) is 1.50. The Bertz CT molecular complexity index is 418. The first-order chi connectivity index (χ1) is 9.47. The molecule has 0 bridgehead atoms.